The van der Waals surface area contributed by atoms with E-state index in [0.29, 0.717) is 0 Å². The van der Waals surface area contributed by atoms with Crippen molar-refractivity contribution < 1.29 is 9.53 Å². The maximum Gasteiger partial charge on any atom is 0.407 e. The number of carbonyl (C=O) groups excluding carboxylic acids is 1. The fourth-order valence-electron chi connectivity index (χ4n) is 3.80. The molecule has 0 bridgehead atoms. The lowest BCUT2D eigenvalue weighted by Gasteiger charge is -2.35. The fraction of sp³-hybridized carbons (Fsp3) is 0.391. The molecule has 3 aromatic rings. The van der Waals surface area contributed by atoms with Gasteiger partial charge in [-0.1, -0.05) is 24.3 Å². The number of amides is 1. The molecular weight excluding hydrogens is 406 g/mol. The zero-order chi connectivity index (χ0) is 22.5. The van der Waals surface area contributed by atoms with Gasteiger partial charge in [-0.3, -0.25) is 14.6 Å². The Kier molecular flexibility index (Phi) is 6.65. The predicted molar refractivity (Wildman–Crippen MR) is 122 cm³/mol. The quantitative estimate of drug-likeness (QED) is 0.636. The molecule has 9 heteroatoms. The number of alkyl carbamates (subject to hydrolysis) is 1. The molecule has 1 N–H and O–H groups in total. The molecule has 0 aliphatic carbocycles. The summed E-state index contributed by atoms with van der Waals surface area (Å²) >= 11 is 0. The van der Waals surface area contributed by atoms with E-state index in [9.17, 15) is 4.79 Å². The lowest BCUT2D eigenvalue weighted by Crippen LogP contribution is -2.46. The molecule has 2 aromatic heterocycles. The van der Waals surface area contributed by atoms with E-state index < -0.39 is 6.09 Å². The predicted octanol–water partition coefficient (Wildman–Crippen LogP) is 2.36. The molecular formula is C23H29N7O2. The molecule has 1 amide bonds. The van der Waals surface area contributed by atoms with Crippen LogP contribution in [0.5, 0.6) is 0 Å². The molecule has 0 atom stereocenters. The maximum absolute atomic E-state index is 11.3. The Bertz CT molecular complexity index is 1060. The van der Waals surface area contributed by atoms with Gasteiger partial charge in [0.15, 0.2) is 5.82 Å². The van der Waals surface area contributed by atoms with Gasteiger partial charge in [-0.2, -0.15) is 5.10 Å². The molecule has 0 spiro atoms. The Hall–Kier alpha value is -3.46. The van der Waals surface area contributed by atoms with Crippen molar-refractivity contribution >= 4 is 11.9 Å². The van der Waals surface area contributed by atoms with Gasteiger partial charge in [0.1, 0.15) is 12.3 Å². The normalized spacial score (nSPS) is 14.4. The van der Waals surface area contributed by atoms with Crippen molar-refractivity contribution in [2.24, 2.45) is 7.05 Å². The van der Waals surface area contributed by atoms with E-state index in [4.69, 9.17) is 4.74 Å². The number of aromatic nitrogens is 4. The lowest BCUT2D eigenvalue weighted by molar-refractivity contribution is 0.142. The van der Waals surface area contributed by atoms with Gasteiger partial charge in [0.25, 0.3) is 0 Å². The molecule has 32 heavy (non-hydrogen) atoms. The number of hydrogen-bond donors (Lipinski definition) is 1. The summed E-state index contributed by atoms with van der Waals surface area (Å²) in [5.41, 5.74) is 5.27. The van der Waals surface area contributed by atoms with Gasteiger partial charge in [-0.25, -0.2) is 9.78 Å². The van der Waals surface area contributed by atoms with Crippen LogP contribution in [-0.2, 0) is 24.9 Å². The highest BCUT2D eigenvalue weighted by atomic mass is 16.5. The number of carbonyl (C=O) groups is 1. The fourth-order valence-corrected chi connectivity index (χ4v) is 3.80. The molecule has 1 aromatic carbocycles. The molecule has 3 heterocycles. The number of anilines is 1. The third-order valence-corrected chi connectivity index (χ3v) is 5.88. The van der Waals surface area contributed by atoms with Crippen LogP contribution in [0.15, 0.2) is 42.9 Å². The zero-order valence-electron chi connectivity index (χ0n) is 18.8. The van der Waals surface area contributed by atoms with Gasteiger partial charge in [0, 0.05) is 76.0 Å². The second-order valence-electron chi connectivity index (χ2n) is 7.89. The average molecular weight is 436 g/mol. The third kappa shape index (κ3) is 4.88. The zero-order valence-corrected chi connectivity index (χ0v) is 18.8. The van der Waals surface area contributed by atoms with Crippen LogP contribution in [0, 0.1) is 6.92 Å². The van der Waals surface area contributed by atoms with Crippen molar-refractivity contribution in [2.75, 3.05) is 38.1 Å². The van der Waals surface area contributed by atoms with Crippen LogP contribution in [-0.4, -0.2) is 64.0 Å². The smallest absolute Gasteiger partial charge is 0.407 e. The van der Waals surface area contributed by atoms with Crippen molar-refractivity contribution in [3.63, 3.8) is 0 Å². The molecule has 1 saturated heterocycles. The van der Waals surface area contributed by atoms with Gasteiger partial charge in [-0.15, -0.1) is 0 Å². The van der Waals surface area contributed by atoms with Crippen molar-refractivity contribution in [3.05, 3.63) is 59.7 Å². The van der Waals surface area contributed by atoms with Gasteiger partial charge in [0.2, 0.25) is 0 Å². The Balaban J connectivity index is 1.41. The minimum Gasteiger partial charge on any atom is -0.445 e. The number of hydrogen-bond acceptors (Lipinski definition) is 7. The molecule has 4 rings (SSSR count). The first-order valence-electron chi connectivity index (χ1n) is 10.7. The van der Waals surface area contributed by atoms with E-state index in [-0.39, 0.29) is 6.61 Å². The van der Waals surface area contributed by atoms with Crippen LogP contribution in [0.3, 0.4) is 0 Å². The van der Waals surface area contributed by atoms with Crippen molar-refractivity contribution in [3.8, 4) is 11.3 Å². The van der Waals surface area contributed by atoms with Crippen LogP contribution in [0.1, 0.15) is 16.8 Å². The molecule has 1 aliphatic heterocycles. The highest BCUT2D eigenvalue weighted by Crippen LogP contribution is 2.28. The number of piperazine rings is 1. The van der Waals surface area contributed by atoms with Gasteiger partial charge < -0.3 is 15.0 Å². The third-order valence-electron chi connectivity index (χ3n) is 5.88. The molecule has 0 saturated carbocycles. The number of aryl methyl sites for hydroxylation is 1. The minimum absolute atomic E-state index is 0.228. The highest BCUT2D eigenvalue weighted by molar-refractivity contribution is 5.72. The first-order chi connectivity index (χ1) is 15.5. The number of ether oxygens (including phenoxy) is 1. The van der Waals surface area contributed by atoms with E-state index in [0.717, 1.165) is 55.4 Å². The van der Waals surface area contributed by atoms with E-state index in [1.807, 2.05) is 42.2 Å². The van der Waals surface area contributed by atoms with E-state index >= 15 is 0 Å². The molecule has 1 fully saturated rings. The number of nitrogens with one attached hydrogen (secondary N) is 1. The maximum atomic E-state index is 11.3. The lowest BCUT2D eigenvalue weighted by atomic mass is 10.1. The molecule has 168 valence electrons. The summed E-state index contributed by atoms with van der Waals surface area (Å²) in [5.74, 6) is 0.902. The summed E-state index contributed by atoms with van der Waals surface area (Å²) in [6.45, 7) is 6.96. The second-order valence-corrected chi connectivity index (χ2v) is 7.89. The summed E-state index contributed by atoms with van der Waals surface area (Å²) in [6.07, 6.45) is 4.99. The van der Waals surface area contributed by atoms with Crippen LogP contribution < -0.4 is 10.2 Å². The standard InChI is InChI=1S/C23H29N7O2/c1-17-20(14-27-28(17)3)15-29-10-12-30(13-11-29)22-21(25-8-9-26-22)19-6-4-18(5-7-19)16-32-23(31)24-2/h4-9,14H,10-13,15-16H2,1-3H3,(H,24,31). The van der Waals surface area contributed by atoms with E-state index in [2.05, 4.69) is 37.1 Å². The first kappa shape index (κ1) is 21.8. The van der Waals surface area contributed by atoms with Gasteiger partial charge in [-0.05, 0) is 12.5 Å². The Morgan fingerprint density at radius 1 is 1.09 bits per heavy atom. The molecule has 0 radical (unpaired) electrons. The second kappa shape index (κ2) is 9.78. The minimum atomic E-state index is -0.442. The van der Waals surface area contributed by atoms with E-state index in [1.54, 1.807) is 19.4 Å². The van der Waals surface area contributed by atoms with Crippen LogP contribution in [0.25, 0.3) is 11.3 Å². The topological polar surface area (TPSA) is 88.4 Å². The van der Waals surface area contributed by atoms with Crippen LogP contribution in [0.4, 0.5) is 10.6 Å². The summed E-state index contributed by atoms with van der Waals surface area (Å²) in [7, 11) is 3.52. The monoisotopic (exact) mass is 435 g/mol. The SMILES string of the molecule is CNC(=O)OCc1ccc(-c2nccnc2N2CCN(Cc3cnn(C)c3C)CC2)cc1. The summed E-state index contributed by atoms with van der Waals surface area (Å²) in [4.78, 5) is 25.3. The number of nitrogens with zero attached hydrogens (tertiary/aromatic N) is 6. The Morgan fingerprint density at radius 2 is 1.81 bits per heavy atom. The Labute approximate surface area is 188 Å². The van der Waals surface area contributed by atoms with Gasteiger partial charge >= 0.3 is 6.09 Å². The average Bonchev–Trinajstić information content (AvgIpc) is 3.15. The molecule has 0 unspecified atom stereocenters. The molecule has 9 nitrogen and oxygen atoms in total. The number of rotatable bonds is 6. The van der Waals surface area contributed by atoms with Crippen molar-refractivity contribution in [2.45, 2.75) is 20.1 Å². The van der Waals surface area contributed by atoms with Crippen LogP contribution in [0.2, 0.25) is 0 Å². The van der Waals surface area contributed by atoms with E-state index in [1.165, 1.54) is 11.3 Å². The summed E-state index contributed by atoms with van der Waals surface area (Å²) in [6, 6.07) is 7.89. The van der Waals surface area contributed by atoms with Crippen LogP contribution >= 0.6 is 0 Å². The van der Waals surface area contributed by atoms with Crippen molar-refractivity contribution in [1.82, 2.24) is 30.0 Å². The first-order valence-corrected chi connectivity index (χ1v) is 10.7. The van der Waals surface area contributed by atoms with Gasteiger partial charge in [0.05, 0.1) is 6.20 Å². The largest absolute Gasteiger partial charge is 0.445 e. The number of benzene rings is 1. The highest BCUT2D eigenvalue weighted by Gasteiger charge is 2.22. The summed E-state index contributed by atoms with van der Waals surface area (Å²) < 4.78 is 7.03. The molecule has 1 aliphatic rings. The summed E-state index contributed by atoms with van der Waals surface area (Å²) in [5, 5.41) is 6.80. The van der Waals surface area contributed by atoms with Crippen molar-refractivity contribution in [1.29, 1.82) is 0 Å². The Morgan fingerprint density at radius 3 is 2.47 bits per heavy atom.